The zero-order valence-electron chi connectivity index (χ0n) is 13.3. The van der Waals surface area contributed by atoms with E-state index in [1.54, 1.807) is 18.2 Å². The number of amides is 2. The Kier molecular flexibility index (Phi) is 6.68. The lowest BCUT2D eigenvalue weighted by Crippen LogP contribution is -2.42. The molecule has 132 valence electrons. The van der Waals surface area contributed by atoms with Gasteiger partial charge < -0.3 is 14.5 Å². The van der Waals surface area contributed by atoms with Crippen LogP contribution in [-0.2, 0) is 14.3 Å². The van der Waals surface area contributed by atoms with Gasteiger partial charge in [0.05, 0.1) is 19.1 Å². The number of carbonyl (C=O) groups excluding carboxylic acids is 2. The molecular weight excluding hydrogens is 386 g/mol. The maximum atomic E-state index is 12.7. The Morgan fingerprint density at radius 3 is 2.88 bits per heavy atom. The molecule has 0 aromatic heterocycles. The summed E-state index contributed by atoms with van der Waals surface area (Å²) in [5.74, 6) is -1.24. The van der Waals surface area contributed by atoms with E-state index in [1.807, 2.05) is 6.07 Å². The van der Waals surface area contributed by atoms with Gasteiger partial charge in [-0.15, -0.1) is 0 Å². The average Bonchev–Trinajstić information content (AvgIpc) is 2.92. The van der Waals surface area contributed by atoms with Crippen LogP contribution in [0.15, 0.2) is 28.7 Å². The summed E-state index contributed by atoms with van der Waals surface area (Å²) in [7, 11) is 1.44. The van der Waals surface area contributed by atoms with E-state index in [0.717, 1.165) is 9.37 Å². The second-order valence-corrected chi connectivity index (χ2v) is 6.47. The van der Waals surface area contributed by atoms with E-state index in [2.05, 4.69) is 15.9 Å². The van der Waals surface area contributed by atoms with E-state index in [1.165, 1.54) is 12.0 Å². The molecule has 24 heavy (non-hydrogen) atoms. The summed E-state index contributed by atoms with van der Waals surface area (Å²) in [5.41, 5.74) is 0.682. The van der Waals surface area contributed by atoms with Crippen LogP contribution in [0.5, 0.6) is 0 Å². The number of carbonyl (C=O) groups is 2. The maximum Gasteiger partial charge on any atom is 0.255 e. The Morgan fingerprint density at radius 2 is 2.25 bits per heavy atom. The molecule has 0 radical (unpaired) electrons. The van der Waals surface area contributed by atoms with Crippen molar-refractivity contribution in [3.63, 3.8) is 0 Å². The fraction of sp³-hybridized carbons (Fsp3) is 0.500. The average molecular weight is 405 g/mol. The van der Waals surface area contributed by atoms with Crippen molar-refractivity contribution in [2.45, 2.75) is 12.8 Å². The number of hydrogen-bond acceptors (Lipinski definition) is 3. The Morgan fingerprint density at radius 1 is 1.50 bits per heavy atom. The van der Waals surface area contributed by atoms with Crippen LogP contribution in [0.25, 0.3) is 0 Å². The van der Waals surface area contributed by atoms with E-state index in [0.29, 0.717) is 5.69 Å². The van der Waals surface area contributed by atoms with Crippen molar-refractivity contribution in [3.05, 3.63) is 28.7 Å². The summed E-state index contributed by atoms with van der Waals surface area (Å²) in [5, 5.41) is 0. The second-order valence-electron chi connectivity index (χ2n) is 5.55. The molecule has 1 fully saturated rings. The van der Waals surface area contributed by atoms with Crippen LogP contribution in [-0.4, -0.2) is 56.5 Å². The van der Waals surface area contributed by atoms with Gasteiger partial charge in [0.25, 0.3) is 6.43 Å². The van der Waals surface area contributed by atoms with E-state index in [-0.39, 0.29) is 32.0 Å². The molecule has 1 aliphatic heterocycles. The number of rotatable bonds is 7. The largest absolute Gasteiger partial charge is 0.383 e. The van der Waals surface area contributed by atoms with E-state index in [4.69, 9.17) is 4.74 Å². The molecule has 2 rings (SSSR count). The first-order chi connectivity index (χ1) is 11.4. The number of alkyl halides is 2. The summed E-state index contributed by atoms with van der Waals surface area (Å²) in [6.45, 7) is -0.194. The number of benzene rings is 1. The third-order valence-electron chi connectivity index (χ3n) is 3.83. The molecule has 8 heteroatoms. The van der Waals surface area contributed by atoms with Crippen molar-refractivity contribution in [3.8, 4) is 0 Å². The number of ether oxygens (including phenoxy) is 1. The molecule has 0 aliphatic carbocycles. The highest BCUT2D eigenvalue weighted by Crippen LogP contribution is 2.28. The highest BCUT2D eigenvalue weighted by atomic mass is 79.9. The highest BCUT2D eigenvalue weighted by Gasteiger charge is 2.37. The van der Waals surface area contributed by atoms with E-state index < -0.39 is 24.8 Å². The van der Waals surface area contributed by atoms with Gasteiger partial charge in [-0.05, 0) is 18.2 Å². The third kappa shape index (κ3) is 4.73. The Hall–Kier alpha value is -1.54. The molecule has 0 N–H and O–H groups in total. The standard InChI is InChI=1S/C16H19BrF2N2O3/c1-24-6-5-20(10-14(18)19)16(23)11-7-15(22)21(9-11)13-4-2-3-12(17)8-13/h2-4,8,11,14H,5-7,9-10H2,1H3. The molecule has 0 bridgehead atoms. The zero-order chi connectivity index (χ0) is 17.7. The lowest BCUT2D eigenvalue weighted by Gasteiger charge is -2.25. The fourth-order valence-corrected chi connectivity index (χ4v) is 3.07. The number of anilines is 1. The van der Waals surface area contributed by atoms with Gasteiger partial charge in [-0.2, -0.15) is 0 Å². The van der Waals surface area contributed by atoms with Gasteiger partial charge >= 0.3 is 0 Å². The molecule has 0 spiro atoms. The molecule has 1 heterocycles. The van der Waals surface area contributed by atoms with Crippen molar-refractivity contribution in [2.75, 3.05) is 38.3 Å². The first kappa shape index (κ1) is 18.8. The molecular formula is C16H19BrF2N2O3. The molecule has 1 unspecified atom stereocenters. The van der Waals surface area contributed by atoms with E-state index in [9.17, 15) is 18.4 Å². The van der Waals surface area contributed by atoms with Crippen LogP contribution >= 0.6 is 15.9 Å². The normalized spacial score (nSPS) is 17.6. The Labute approximate surface area is 147 Å². The molecule has 0 saturated carbocycles. The second kappa shape index (κ2) is 8.53. The molecule has 1 aromatic carbocycles. The third-order valence-corrected chi connectivity index (χ3v) is 4.32. The Balaban J connectivity index is 2.08. The molecule has 5 nitrogen and oxygen atoms in total. The molecule has 1 aliphatic rings. The smallest absolute Gasteiger partial charge is 0.255 e. The van der Waals surface area contributed by atoms with Crippen LogP contribution < -0.4 is 4.90 Å². The van der Waals surface area contributed by atoms with Crippen molar-refractivity contribution < 1.29 is 23.1 Å². The van der Waals surface area contributed by atoms with E-state index >= 15 is 0 Å². The summed E-state index contributed by atoms with van der Waals surface area (Å²) in [4.78, 5) is 27.3. The van der Waals surface area contributed by atoms with Crippen molar-refractivity contribution in [1.29, 1.82) is 0 Å². The van der Waals surface area contributed by atoms with Crippen LogP contribution in [0.4, 0.5) is 14.5 Å². The Bertz CT molecular complexity index is 600. The predicted molar refractivity (Wildman–Crippen MR) is 89.1 cm³/mol. The van der Waals surface area contributed by atoms with Gasteiger partial charge in [-0.25, -0.2) is 8.78 Å². The summed E-state index contributed by atoms with van der Waals surface area (Å²) >= 11 is 3.34. The molecule has 1 aromatic rings. The van der Waals surface area contributed by atoms with Gasteiger partial charge in [-0.1, -0.05) is 22.0 Å². The first-order valence-electron chi connectivity index (χ1n) is 7.54. The van der Waals surface area contributed by atoms with Crippen LogP contribution in [0.2, 0.25) is 0 Å². The zero-order valence-corrected chi connectivity index (χ0v) is 14.8. The van der Waals surface area contributed by atoms with Gasteiger partial charge in [0, 0.05) is 36.8 Å². The topological polar surface area (TPSA) is 49.9 Å². The number of methoxy groups -OCH3 is 1. The van der Waals surface area contributed by atoms with Crippen LogP contribution in [0, 0.1) is 5.92 Å². The lowest BCUT2D eigenvalue weighted by molar-refractivity contribution is -0.138. The summed E-state index contributed by atoms with van der Waals surface area (Å²) in [6, 6.07) is 7.19. The molecule has 2 amide bonds. The number of hydrogen-bond donors (Lipinski definition) is 0. The quantitative estimate of drug-likeness (QED) is 0.701. The van der Waals surface area contributed by atoms with Gasteiger partial charge in [0.2, 0.25) is 11.8 Å². The van der Waals surface area contributed by atoms with Gasteiger partial charge in [0.1, 0.15) is 0 Å². The van der Waals surface area contributed by atoms with Crippen LogP contribution in [0.1, 0.15) is 6.42 Å². The minimum atomic E-state index is -2.62. The number of nitrogens with zero attached hydrogens (tertiary/aromatic N) is 2. The van der Waals surface area contributed by atoms with Crippen molar-refractivity contribution in [2.24, 2.45) is 5.92 Å². The number of halogens is 3. The first-order valence-corrected chi connectivity index (χ1v) is 8.33. The highest BCUT2D eigenvalue weighted by molar-refractivity contribution is 9.10. The molecule has 1 atom stereocenters. The minimum Gasteiger partial charge on any atom is -0.383 e. The monoisotopic (exact) mass is 404 g/mol. The SMILES string of the molecule is COCCN(CC(F)F)C(=O)C1CC(=O)N(c2cccc(Br)c2)C1. The predicted octanol–water partition coefficient (Wildman–Crippen LogP) is 2.54. The lowest BCUT2D eigenvalue weighted by atomic mass is 10.1. The van der Waals surface area contributed by atoms with Crippen molar-refractivity contribution in [1.82, 2.24) is 4.90 Å². The summed E-state index contributed by atoms with van der Waals surface area (Å²) in [6.07, 6.45) is -2.60. The minimum absolute atomic E-state index is 0.0259. The summed E-state index contributed by atoms with van der Waals surface area (Å²) < 4.78 is 31.1. The molecule has 1 saturated heterocycles. The van der Waals surface area contributed by atoms with Crippen molar-refractivity contribution >= 4 is 33.4 Å². The van der Waals surface area contributed by atoms with Crippen LogP contribution in [0.3, 0.4) is 0 Å². The maximum absolute atomic E-state index is 12.7. The fourth-order valence-electron chi connectivity index (χ4n) is 2.68. The van der Waals surface area contributed by atoms with Gasteiger partial charge in [0.15, 0.2) is 0 Å². The van der Waals surface area contributed by atoms with Gasteiger partial charge in [-0.3, -0.25) is 9.59 Å².